The minimum absolute atomic E-state index is 0.334. The van der Waals surface area contributed by atoms with Gasteiger partial charge in [0.05, 0.1) is 16.1 Å². The van der Waals surface area contributed by atoms with E-state index in [4.69, 9.17) is 23.2 Å². The van der Waals surface area contributed by atoms with E-state index in [1.165, 1.54) is 5.56 Å². The molecule has 8 heteroatoms. The van der Waals surface area contributed by atoms with Gasteiger partial charge in [-0.15, -0.1) is 0 Å². The van der Waals surface area contributed by atoms with E-state index in [2.05, 4.69) is 10.6 Å². The molecule has 2 unspecified atom stereocenters. The number of rotatable bonds is 4. The highest BCUT2D eigenvalue weighted by atomic mass is 35.5. The van der Waals surface area contributed by atoms with E-state index < -0.39 is 17.5 Å². The molecule has 2 aromatic rings. The Morgan fingerprint density at radius 3 is 2.63 bits per heavy atom. The molecule has 0 aromatic heterocycles. The molecule has 1 fully saturated rings. The van der Waals surface area contributed by atoms with Gasteiger partial charge in [-0.3, -0.25) is 14.5 Å². The van der Waals surface area contributed by atoms with E-state index in [0.29, 0.717) is 29.3 Å². The van der Waals surface area contributed by atoms with Crippen LogP contribution in [0, 0.1) is 0 Å². The fourth-order valence-corrected chi connectivity index (χ4v) is 4.45. The van der Waals surface area contributed by atoms with E-state index in [9.17, 15) is 14.4 Å². The van der Waals surface area contributed by atoms with Gasteiger partial charge in [0.15, 0.2) is 0 Å². The average Bonchev–Trinajstić information content (AvgIpc) is 2.93. The molecule has 2 N–H and O–H groups in total. The monoisotopic (exact) mass is 445 g/mol. The van der Waals surface area contributed by atoms with Gasteiger partial charge in [0.2, 0.25) is 5.91 Å². The zero-order chi connectivity index (χ0) is 21.5. The van der Waals surface area contributed by atoms with Gasteiger partial charge in [0.25, 0.3) is 5.91 Å². The van der Waals surface area contributed by atoms with Crippen LogP contribution in [0.5, 0.6) is 0 Å². The predicted octanol–water partition coefficient (Wildman–Crippen LogP) is 3.65. The number of aryl methyl sites for hydroxylation is 1. The van der Waals surface area contributed by atoms with Gasteiger partial charge in [0.1, 0.15) is 12.1 Å². The van der Waals surface area contributed by atoms with Crippen LogP contribution in [0.3, 0.4) is 0 Å². The predicted molar refractivity (Wildman–Crippen MR) is 114 cm³/mol. The van der Waals surface area contributed by atoms with Crippen LogP contribution in [0.1, 0.15) is 36.1 Å². The fourth-order valence-electron chi connectivity index (χ4n) is 4.14. The molecule has 0 radical (unpaired) electrons. The molecule has 1 saturated heterocycles. The third kappa shape index (κ3) is 3.77. The molecule has 30 heavy (non-hydrogen) atoms. The molecule has 4 rings (SSSR count). The number of urea groups is 1. The Morgan fingerprint density at radius 2 is 1.90 bits per heavy atom. The molecule has 6 nitrogen and oxygen atoms in total. The van der Waals surface area contributed by atoms with Crippen LogP contribution in [0.25, 0.3) is 0 Å². The van der Waals surface area contributed by atoms with E-state index >= 15 is 0 Å². The highest BCUT2D eigenvalue weighted by Gasteiger charge is 2.52. The molecule has 1 aliphatic heterocycles. The van der Waals surface area contributed by atoms with E-state index in [1.54, 1.807) is 25.1 Å². The van der Waals surface area contributed by atoms with Gasteiger partial charge in [-0.25, -0.2) is 4.79 Å². The highest BCUT2D eigenvalue weighted by molar-refractivity contribution is 6.42. The van der Waals surface area contributed by atoms with Crippen molar-refractivity contribution in [2.24, 2.45) is 0 Å². The topological polar surface area (TPSA) is 78.5 Å². The van der Waals surface area contributed by atoms with Crippen LogP contribution < -0.4 is 10.6 Å². The van der Waals surface area contributed by atoms with Crippen molar-refractivity contribution in [3.05, 3.63) is 69.2 Å². The Morgan fingerprint density at radius 1 is 1.17 bits per heavy atom. The van der Waals surface area contributed by atoms with Crippen LogP contribution in [0.2, 0.25) is 10.0 Å². The number of amides is 4. The second kappa shape index (κ2) is 7.93. The normalized spacial score (nSPS) is 21.4. The van der Waals surface area contributed by atoms with Gasteiger partial charge >= 0.3 is 6.03 Å². The minimum Gasteiger partial charge on any atom is -0.348 e. The number of halogens is 2. The number of hydrogen-bond acceptors (Lipinski definition) is 3. The summed E-state index contributed by atoms with van der Waals surface area (Å²) in [6, 6.07) is 12.1. The van der Waals surface area contributed by atoms with Crippen LogP contribution >= 0.6 is 23.2 Å². The van der Waals surface area contributed by atoms with Crippen molar-refractivity contribution in [3.63, 3.8) is 0 Å². The highest BCUT2D eigenvalue weighted by Crippen LogP contribution is 2.33. The lowest BCUT2D eigenvalue weighted by Crippen LogP contribution is -2.51. The van der Waals surface area contributed by atoms with E-state index in [0.717, 1.165) is 16.0 Å². The van der Waals surface area contributed by atoms with Gasteiger partial charge < -0.3 is 10.6 Å². The summed E-state index contributed by atoms with van der Waals surface area (Å²) in [6.07, 6.45) is 1.66. The number of nitrogens with zero attached hydrogens (tertiary/aromatic N) is 1. The van der Waals surface area contributed by atoms with Crippen LogP contribution in [0.4, 0.5) is 4.79 Å². The summed E-state index contributed by atoms with van der Waals surface area (Å²) in [5.74, 6) is -0.773. The van der Waals surface area contributed by atoms with Crippen LogP contribution in [-0.4, -0.2) is 34.8 Å². The summed E-state index contributed by atoms with van der Waals surface area (Å²) >= 11 is 12.0. The summed E-state index contributed by atoms with van der Waals surface area (Å²) in [6.45, 7) is 1.46. The molecule has 4 amide bonds. The first-order valence-electron chi connectivity index (χ1n) is 9.74. The number of hydrogen-bond donors (Lipinski definition) is 2. The van der Waals surface area contributed by atoms with Crippen LogP contribution in [0.15, 0.2) is 42.5 Å². The largest absolute Gasteiger partial charge is 0.348 e. The summed E-state index contributed by atoms with van der Waals surface area (Å²) in [5, 5.41) is 6.46. The first-order chi connectivity index (χ1) is 14.3. The van der Waals surface area contributed by atoms with Gasteiger partial charge in [-0.1, -0.05) is 53.5 Å². The van der Waals surface area contributed by atoms with Gasteiger partial charge in [-0.2, -0.15) is 0 Å². The first kappa shape index (κ1) is 20.7. The molecule has 156 valence electrons. The zero-order valence-electron chi connectivity index (χ0n) is 16.4. The standard InChI is InChI=1S/C22H21Cl2N3O3/c1-13(15-6-7-17(23)18(24)10-15)25-19(28)12-27-20(29)22(26-21(27)30)9-8-14-4-2-3-5-16(14)11-22/h2-7,10,13H,8-9,11-12H2,1H3,(H,25,28)(H,26,30). The van der Waals surface area contributed by atoms with Gasteiger partial charge in [0, 0.05) is 6.42 Å². The number of carbonyl (C=O) groups is 3. The molecule has 2 atom stereocenters. The second-order valence-corrected chi connectivity index (χ2v) is 8.63. The molecule has 1 spiro atoms. The van der Waals surface area contributed by atoms with E-state index in [-0.39, 0.29) is 18.5 Å². The summed E-state index contributed by atoms with van der Waals surface area (Å²) in [5.41, 5.74) is 2.05. The number of benzene rings is 2. The Bertz CT molecular complexity index is 1040. The summed E-state index contributed by atoms with van der Waals surface area (Å²) < 4.78 is 0. The zero-order valence-corrected chi connectivity index (χ0v) is 17.9. The SMILES string of the molecule is CC(NC(=O)CN1C(=O)NC2(CCc3ccccc3C2)C1=O)c1ccc(Cl)c(Cl)c1. The Hall–Kier alpha value is -2.57. The quantitative estimate of drug-likeness (QED) is 0.704. The maximum atomic E-state index is 13.1. The second-order valence-electron chi connectivity index (χ2n) is 7.81. The number of fused-ring (bicyclic) bond motifs is 1. The van der Waals surface area contributed by atoms with Crippen molar-refractivity contribution in [2.75, 3.05) is 6.54 Å². The molecular weight excluding hydrogens is 425 g/mol. The lowest BCUT2D eigenvalue weighted by Gasteiger charge is -2.32. The third-order valence-corrected chi connectivity index (χ3v) is 6.54. The van der Waals surface area contributed by atoms with Crippen molar-refractivity contribution in [1.29, 1.82) is 0 Å². The summed E-state index contributed by atoms with van der Waals surface area (Å²) in [7, 11) is 0. The summed E-state index contributed by atoms with van der Waals surface area (Å²) in [4.78, 5) is 39.2. The van der Waals surface area contributed by atoms with Crippen molar-refractivity contribution in [1.82, 2.24) is 15.5 Å². The van der Waals surface area contributed by atoms with E-state index in [1.807, 2.05) is 24.3 Å². The third-order valence-electron chi connectivity index (χ3n) is 5.80. The molecule has 0 saturated carbocycles. The number of imide groups is 1. The Labute approximate surface area is 184 Å². The Kier molecular flexibility index (Phi) is 5.47. The molecular formula is C22H21Cl2N3O3. The first-order valence-corrected chi connectivity index (χ1v) is 10.5. The van der Waals surface area contributed by atoms with Gasteiger partial charge in [-0.05, 0) is 48.6 Å². The molecule has 2 aromatic carbocycles. The Balaban J connectivity index is 1.43. The lowest BCUT2D eigenvalue weighted by atomic mass is 9.78. The molecule has 1 heterocycles. The molecule has 0 bridgehead atoms. The maximum Gasteiger partial charge on any atom is 0.325 e. The van der Waals surface area contributed by atoms with Crippen LogP contribution in [-0.2, 0) is 22.4 Å². The number of carbonyl (C=O) groups excluding carboxylic acids is 3. The minimum atomic E-state index is -0.971. The number of nitrogens with one attached hydrogen (secondary N) is 2. The smallest absolute Gasteiger partial charge is 0.325 e. The molecule has 2 aliphatic rings. The lowest BCUT2D eigenvalue weighted by molar-refractivity contribution is -0.135. The van der Waals surface area contributed by atoms with Crippen molar-refractivity contribution >= 4 is 41.0 Å². The van der Waals surface area contributed by atoms with Crippen molar-refractivity contribution < 1.29 is 14.4 Å². The van der Waals surface area contributed by atoms with Crippen molar-refractivity contribution in [2.45, 2.75) is 37.8 Å². The van der Waals surface area contributed by atoms with Crippen molar-refractivity contribution in [3.8, 4) is 0 Å². The average molecular weight is 446 g/mol. The fraction of sp³-hybridized carbons (Fsp3) is 0.318. The molecule has 1 aliphatic carbocycles. The maximum absolute atomic E-state index is 13.1.